The topological polar surface area (TPSA) is 47.6 Å². The van der Waals surface area contributed by atoms with E-state index in [4.69, 9.17) is 15.5 Å². The molecule has 3 heteroatoms. The molecule has 0 radical (unpaired) electrons. The average molecular weight is 252 g/mol. The van der Waals surface area contributed by atoms with E-state index in [-0.39, 0.29) is 5.60 Å². The van der Waals surface area contributed by atoms with Gasteiger partial charge in [0.05, 0.1) is 17.5 Å². The number of hydrogen-bond acceptors (Lipinski definition) is 2. The van der Waals surface area contributed by atoms with E-state index < -0.39 is 0 Å². The van der Waals surface area contributed by atoms with Crippen LogP contribution in [0, 0.1) is 5.92 Å². The van der Waals surface area contributed by atoms with Gasteiger partial charge < -0.3 is 10.5 Å². The number of amidine groups is 1. The molecule has 0 amide bonds. The van der Waals surface area contributed by atoms with Crippen molar-refractivity contribution in [2.75, 3.05) is 6.61 Å². The zero-order chi connectivity index (χ0) is 13.0. The molecule has 1 atom stereocenters. The van der Waals surface area contributed by atoms with Gasteiger partial charge in [0.1, 0.15) is 0 Å². The molecule has 2 fully saturated rings. The Balaban J connectivity index is 1.98. The lowest BCUT2D eigenvalue weighted by Crippen LogP contribution is -2.41. The molecule has 0 aromatic carbocycles. The molecule has 1 aliphatic heterocycles. The van der Waals surface area contributed by atoms with E-state index >= 15 is 0 Å². The average Bonchev–Trinajstić information content (AvgIpc) is 2.93. The summed E-state index contributed by atoms with van der Waals surface area (Å²) in [6.45, 7) is 5.28. The second-order valence-corrected chi connectivity index (χ2v) is 5.92. The van der Waals surface area contributed by atoms with Gasteiger partial charge in [-0.15, -0.1) is 0 Å². The lowest BCUT2D eigenvalue weighted by molar-refractivity contribution is -0.0884. The summed E-state index contributed by atoms with van der Waals surface area (Å²) >= 11 is 0. The Hall–Kier alpha value is -0.570. The number of aliphatic imine (C=N–C) groups is 1. The molecule has 0 aromatic heterocycles. The van der Waals surface area contributed by atoms with Crippen molar-refractivity contribution in [3.8, 4) is 0 Å². The van der Waals surface area contributed by atoms with Crippen LogP contribution < -0.4 is 5.73 Å². The van der Waals surface area contributed by atoms with Crippen molar-refractivity contribution < 1.29 is 4.74 Å². The van der Waals surface area contributed by atoms with Gasteiger partial charge in [0.15, 0.2) is 0 Å². The molecule has 1 aliphatic carbocycles. The minimum atomic E-state index is 0.0579. The van der Waals surface area contributed by atoms with Crippen LogP contribution in [-0.2, 0) is 4.74 Å². The molecule has 18 heavy (non-hydrogen) atoms. The molecule has 1 saturated heterocycles. The first-order chi connectivity index (χ1) is 8.69. The van der Waals surface area contributed by atoms with Gasteiger partial charge in [-0.2, -0.15) is 0 Å². The van der Waals surface area contributed by atoms with Gasteiger partial charge in [-0.25, -0.2) is 0 Å². The molecule has 2 aliphatic rings. The molecular formula is C15H28N2O. The van der Waals surface area contributed by atoms with E-state index in [0.29, 0.717) is 12.0 Å². The molecule has 2 N–H and O–H groups in total. The fourth-order valence-electron chi connectivity index (χ4n) is 3.39. The summed E-state index contributed by atoms with van der Waals surface area (Å²) < 4.78 is 5.99. The van der Waals surface area contributed by atoms with Crippen molar-refractivity contribution >= 4 is 5.84 Å². The van der Waals surface area contributed by atoms with Crippen LogP contribution >= 0.6 is 0 Å². The van der Waals surface area contributed by atoms with E-state index in [9.17, 15) is 0 Å². The van der Waals surface area contributed by atoms with E-state index in [1.165, 1.54) is 25.7 Å². The van der Waals surface area contributed by atoms with Crippen LogP contribution in [0.2, 0.25) is 0 Å². The minimum absolute atomic E-state index is 0.0579. The third kappa shape index (κ3) is 3.05. The summed E-state index contributed by atoms with van der Waals surface area (Å²) in [6.07, 6.45) is 9.38. The Morgan fingerprint density at radius 3 is 2.50 bits per heavy atom. The number of nitrogens with two attached hydrogens (primary N) is 1. The molecule has 0 bridgehead atoms. The SMILES string of the molecule is CCC1(CC)CC(N=C(N)C2CCCC2)CCO1. The second kappa shape index (κ2) is 6.05. The number of nitrogens with zero attached hydrogens (tertiary/aromatic N) is 1. The van der Waals surface area contributed by atoms with Crippen molar-refractivity contribution in [1.82, 2.24) is 0 Å². The predicted molar refractivity (Wildman–Crippen MR) is 75.9 cm³/mol. The highest BCUT2D eigenvalue weighted by molar-refractivity contribution is 5.83. The third-order valence-corrected chi connectivity index (χ3v) is 4.86. The predicted octanol–water partition coefficient (Wildman–Crippen LogP) is 3.27. The van der Waals surface area contributed by atoms with Gasteiger partial charge in [0.25, 0.3) is 0 Å². The van der Waals surface area contributed by atoms with Gasteiger partial charge in [0, 0.05) is 12.5 Å². The quantitative estimate of drug-likeness (QED) is 0.616. The van der Waals surface area contributed by atoms with Crippen LogP contribution in [0.5, 0.6) is 0 Å². The van der Waals surface area contributed by atoms with Crippen LogP contribution in [0.25, 0.3) is 0 Å². The van der Waals surface area contributed by atoms with E-state index in [1.807, 2.05) is 0 Å². The number of ether oxygens (including phenoxy) is 1. The Kier molecular flexibility index (Phi) is 4.66. The molecule has 1 unspecified atom stereocenters. The highest BCUT2D eigenvalue weighted by Gasteiger charge is 2.34. The summed E-state index contributed by atoms with van der Waals surface area (Å²) in [7, 11) is 0. The van der Waals surface area contributed by atoms with E-state index in [2.05, 4.69) is 13.8 Å². The number of hydrogen-bond donors (Lipinski definition) is 1. The highest BCUT2D eigenvalue weighted by atomic mass is 16.5. The summed E-state index contributed by atoms with van der Waals surface area (Å²) in [5, 5.41) is 0. The fourth-order valence-corrected chi connectivity index (χ4v) is 3.39. The molecule has 2 rings (SSSR count). The van der Waals surface area contributed by atoms with Crippen LogP contribution in [0.1, 0.15) is 65.2 Å². The molecule has 1 heterocycles. The van der Waals surface area contributed by atoms with Crippen LogP contribution in [0.3, 0.4) is 0 Å². The smallest absolute Gasteiger partial charge is 0.0971 e. The maximum Gasteiger partial charge on any atom is 0.0971 e. The van der Waals surface area contributed by atoms with Crippen molar-refractivity contribution in [2.45, 2.75) is 76.9 Å². The Bertz CT molecular complexity index is 291. The molecule has 3 nitrogen and oxygen atoms in total. The summed E-state index contributed by atoms with van der Waals surface area (Å²) in [6, 6.07) is 0.388. The zero-order valence-electron chi connectivity index (χ0n) is 12.0. The maximum absolute atomic E-state index is 6.19. The summed E-state index contributed by atoms with van der Waals surface area (Å²) in [5.41, 5.74) is 6.25. The van der Waals surface area contributed by atoms with Gasteiger partial charge in [-0.1, -0.05) is 26.7 Å². The Morgan fingerprint density at radius 2 is 1.89 bits per heavy atom. The summed E-state index contributed by atoms with van der Waals surface area (Å²) in [4.78, 5) is 4.82. The third-order valence-electron chi connectivity index (χ3n) is 4.86. The van der Waals surface area contributed by atoms with Crippen molar-refractivity contribution in [2.24, 2.45) is 16.6 Å². The summed E-state index contributed by atoms with van der Waals surface area (Å²) in [5.74, 6) is 1.48. The maximum atomic E-state index is 6.19. The van der Waals surface area contributed by atoms with Crippen LogP contribution in [-0.4, -0.2) is 24.1 Å². The van der Waals surface area contributed by atoms with Crippen LogP contribution in [0.15, 0.2) is 4.99 Å². The largest absolute Gasteiger partial charge is 0.387 e. The van der Waals surface area contributed by atoms with E-state index in [0.717, 1.165) is 38.1 Å². The first-order valence-corrected chi connectivity index (χ1v) is 7.66. The molecule has 1 saturated carbocycles. The van der Waals surface area contributed by atoms with Gasteiger partial charge in [0.2, 0.25) is 0 Å². The minimum Gasteiger partial charge on any atom is -0.387 e. The lowest BCUT2D eigenvalue weighted by Gasteiger charge is -2.39. The Labute approximate surface area is 111 Å². The second-order valence-electron chi connectivity index (χ2n) is 5.92. The lowest BCUT2D eigenvalue weighted by atomic mass is 9.86. The molecule has 0 aromatic rings. The fraction of sp³-hybridized carbons (Fsp3) is 0.933. The van der Waals surface area contributed by atoms with Crippen LogP contribution in [0.4, 0.5) is 0 Å². The molecule has 0 spiro atoms. The van der Waals surface area contributed by atoms with Gasteiger partial charge in [-0.3, -0.25) is 4.99 Å². The van der Waals surface area contributed by atoms with Gasteiger partial charge >= 0.3 is 0 Å². The van der Waals surface area contributed by atoms with Crippen molar-refractivity contribution in [1.29, 1.82) is 0 Å². The van der Waals surface area contributed by atoms with Crippen molar-refractivity contribution in [3.63, 3.8) is 0 Å². The monoisotopic (exact) mass is 252 g/mol. The first kappa shape index (κ1) is 13.9. The molecular weight excluding hydrogens is 224 g/mol. The van der Waals surface area contributed by atoms with E-state index in [1.54, 1.807) is 0 Å². The normalized spacial score (nSPS) is 29.7. The van der Waals surface area contributed by atoms with Crippen molar-refractivity contribution in [3.05, 3.63) is 0 Å². The highest BCUT2D eigenvalue weighted by Crippen LogP contribution is 2.33. The standard InChI is InChI=1S/C15H28N2O/c1-3-15(4-2)11-13(9-10-18-15)17-14(16)12-7-5-6-8-12/h12-13H,3-11H2,1-2H3,(H2,16,17). The zero-order valence-corrected chi connectivity index (χ0v) is 12.0. The molecule has 104 valence electrons. The first-order valence-electron chi connectivity index (χ1n) is 7.66. The Morgan fingerprint density at radius 1 is 1.22 bits per heavy atom. The van der Waals surface area contributed by atoms with Gasteiger partial charge in [-0.05, 0) is 38.5 Å². The number of rotatable bonds is 4.